The number of aliphatic hydroxyl groups is 1. The van der Waals surface area contributed by atoms with E-state index >= 15 is 0 Å². The second-order valence-corrected chi connectivity index (χ2v) is 1.81. The summed E-state index contributed by atoms with van der Waals surface area (Å²) in [6.07, 6.45) is 0. The van der Waals surface area contributed by atoms with E-state index in [0.717, 1.165) is 14.2 Å². The summed E-state index contributed by atoms with van der Waals surface area (Å²) < 4.78 is 23.0. The molecule has 2 N–H and O–H groups in total. The molecule has 10 nitrogen and oxygen atoms in total. The van der Waals surface area contributed by atoms with Crippen LogP contribution in [0.3, 0.4) is 0 Å². The fourth-order valence-corrected chi connectivity index (χ4v) is 0. The molecule has 2 unspecified atom stereocenters. The smallest absolute Gasteiger partial charge is 0.857 e. The monoisotopic (exact) mass is 270 g/mol. The largest absolute Gasteiger partial charge is 1.00 e. The van der Waals surface area contributed by atoms with E-state index in [1.54, 1.807) is 0 Å². The van der Waals surface area contributed by atoms with Gasteiger partial charge in [0.25, 0.3) is 0 Å². The van der Waals surface area contributed by atoms with E-state index in [0.29, 0.717) is 0 Å². The molecule has 0 spiro atoms. The van der Waals surface area contributed by atoms with Gasteiger partial charge in [-0.25, -0.2) is 9.93 Å². The number of rotatable bonds is 2. The molecule has 0 aromatic rings. The van der Waals surface area contributed by atoms with Crippen LogP contribution in [0.25, 0.3) is 0 Å². The standard InChI is InChI=1S/CH4O.CH3O.2Li.2HO4P.2H2/c2*1-2;;;2*1-4-5(2)3;;/h2H,1H3;1H3;;;2*1H;2*1H/q;-1;2*+1;;;;/p-1/i2*1-1;;;;;;. The number of aliphatic hydroxyl groups excluding tert-OH is 1. The molecule has 0 radical (unpaired) electrons. The maximum atomic E-state index is 8.93. The minimum absolute atomic E-state index is 0. The Bertz CT molecular complexity index is 118. The van der Waals surface area contributed by atoms with Crippen LogP contribution < -0.4 is 57.9 Å². The van der Waals surface area contributed by atoms with E-state index in [1.165, 1.54) is 0 Å². The van der Waals surface area contributed by atoms with Crippen molar-refractivity contribution in [2.45, 2.75) is 0 Å². The van der Waals surface area contributed by atoms with Crippen LogP contribution in [0.1, 0.15) is 2.85 Å². The Morgan fingerprint density at radius 2 is 1.19 bits per heavy atom. The summed E-state index contributed by atoms with van der Waals surface area (Å²) in [6, 6.07) is 0. The summed E-state index contributed by atoms with van der Waals surface area (Å²) in [5.41, 5.74) is 0. The average molecular weight is 270 g/mol. The van der Waals surface area contributed by atoms with Crippen molar-refractivity contribution in [3.05, 3.63) is 0 Å². The van der Waals surface area contributed by atoms with Crippen molar-refractivity contribution in [2.75, 3.05) is 14.2 Å². The van der Waals surface area contributed by atoms with E-state index in [-0.39, 0.29) is 40.6 Å². The fraction of sp³-hybridized carbons (Fsp3) is 1.00. The average Bonchev–Trinajstić information content (AvgIpc) is 2.24. The molecule has 0 aliphatic rings. The van der Waals surface area contributed by atoms with Gasteiger partial charge in [-0.3, -0.25) is 0 Å². The van der Waals surface area contributed by atoms with Gasteiger partial charge in [0.1, 0.15) is 0 Å². The van der Waals surface area contributed by atoms with Crippen molar-refractivity contribution < 1.29 is 89.6 Å². The van der Waals surface area contributed by atoms with Gasteiger partial charge < -0.3 is 25.3 Å². The molecule has 0 aliphatic heterocycles. The molecule has 0 saturated heterocycles. The summed E-state index contributed by atoms with van der Waals surface area (Å²) in [4.78, 5) is 17.8. The van der Waals surface area contributed by atoms with Crippen molar-refractivity contribution in [2.24, 2.45) is 0 Å². The van der Waals surface area contributed by atoms with E-state index in [4.69, 9.17) is 39.6 Å². The van der Waals surface area contributed by atoms with Gasteiger partial charge in [-0.1, -0.05) is 0 Å². The predicted octanol–water partition coefficient (Wildman–Crippen LogP) is -9.13. The first-order valence-corrected chi connectivity index (χ1v) is 4.49. The zero-order valence-corrected chi connectivity index (χ0v) is 10.8. The summed E-state index contributed by atoms with van der Waals surface area (Å²) in [7, 11) is -4.45. The Morgan fingerprint density at radius 3 is 1.19 bits per heavy atom. The van der Waals surface area contributed by atoms with Gasteiger partial charge >= 0.3 is 54.2 Å². The van der Waals surface area contributed by atoms with E-state index in [1.807, 2.05) is 0 Å². The van der Waals surface area contributed by atoms with Crippen molar-refractivity contribution in [1.29, 1.82) is 0 Å². The van der Waals surface area contributed by atoms with Crippen LogP contribution in [-0.4, -0.2) is 24.6 Å². The third-order valence-electron chi connectivity index (χ3n) is 0.128. The summed E-state index contributed by atoms with van der Waals surface area (Å²) >= 11 is 0. The van der Waals surface area contributed by atoms with Crippen molar-refractivity contribution in [3.63, 3.8) is 0 Å². The molecule has 16 heavy (non-hydrogen) atoms. The SMILES string of the molecule is O=[P+]([O-])OO.O=[P+]([O-])O[O-].[11CH3]O.[11CH3][O-].[HH].[HH].[Li+].[Li+]. The van der Waals surface area contributed by atoms with Crippen molar-refractivity contribution >= 4 is 16.5 Å². The molecule has 2 atom stereocenters. The number of hydrogen-bond acceptors (Lipinski definition) is 10. The van der Waals surface area contributed by atoms with Crippen molar-refractivity contribution in [1.82, 2.24) is 0 Å². The van der Waals surface area contributed by atoms with Gasteiger partial charge in [0.15, 0.2) is 0 Å². The maximum Gasteiger partial charge on any atom is 1.00 e. The molecular weight excluding hydrogens is 258 g/mol. The van der Waals surface area contributed by atoms with Crippen LogP contribution >= 0.6 is 16.5 Å². The molecule has 0 saturated carbocycles. The first kappa shape index (κ1) is 36.0. The topological polar surface area (TPSA) is 185 Å². The minimum Gasteiger partial charge on any atom is -0.857 e. The Balaban J connectivity index is -0.0000000123. The van der Waals surface area contributed by atoms with E-state index in [2.05, 4.69) is 9.35 Å². The summed E-state index contributed by atoms with van der Waals surface area (Å²) in [5, 5.41) is 30.8. The van der Waals surface area contributed by atoms with Gasteiger partial charge in [-0.15, -0.1) is 0 Å². The second-order valence-electron chi connectivity index (χ2n) is 0.603. The molecular formula is C2H12Li2O10P2. The predicted molar refractivity (Wildman–Crippen MR) is 38.3 cm³/mol. The van der Waals surface area contributed by atoms with Gasteiger partial charge in [0, 0.05) is 14.6 Å². The number of hydrogen-bond donors (Lipinski definition) is 2. The molecule has 0 aromatic carbocycles. The fourth-order valence-electron chi connectivity index (χ4n) is 0. The molecule has 92 valence electrons. The van der Waals surface area contributed by atoms with Crippen LogP contribution in [0, 0.1) is 0 Å². The van der Waals surface area contributed by atoms with Crippen molar-refractivity contribution in [3.8, 4) is 0 Å². The first-order chi connectivity index (χ1) is 6.54. The Labute approximate surface area is 120 Å². The van der Waals surface area contributed by atoms with Crippen LogP contribution in [0.15, 0.2) is 0 Å². The summed E-state index contributed by atoms with van der Waals surface area (Å²) in [6.45, 7) is 0. The normalized spacial score (nSPS) is 7.75. The van der Waals surface area contributed by atoms with E-state index < -0.39 is 16.5 Å². The maximum absolute atomic E-state index is 8.93. The molecule has 0 fully saturated rings. The third-order valence-corrected chi connectivity index (χ3v) is 0.383. The van der Waals surface area contributed by atoms with Gasteiger partial charge in [0.2, 0.25) is 0 Å². The zero-order valence-electron chi connectivity index (χ0n) is 9.05. The molecule has 0 amide bonds. The Morgan fingerprint density at radius 1 is 1.06 bits per heavy atom. The second kappa shape index (κ2) is 44.4. The van der Waals surface area contributed by atoms with Crippen LogP contribution in [0.2, 0.25) is 0 Å². The Kier molecular flexibility index (Phi) is 99.7. The molecule has 0 aliphatic carbocycles. The zero-order chi connectivity index (χ0) is 12.6. The van der Waals surface area contributed by atoms with Crippen LogP contribution in [0.5, 0.6) is 0 Å². The first-order valence-electron chi connectivity index (χ1n) is 2.30. The third kappa shape index (κ3) is 116. The van der Waals surface area contributed by atoms with Gasteiger partial charge in [-0.05, 0) is 9.13 Å². The van der Waals surface area contributed by atoms with Crippen LogP contribution in [-0.2, 0) is 18.5 Å². The molecule has 0 bridgehead atoms. The molecule has 0 rings (SSSR count). The quantitative estimate of drug-likeness (QED) is 0.211. The minimum atomic E-state index is -3.15. The van der Waals surface area contributed by atoms with Crippen LogP contribution in [0.4, 0.5) is 0 Å². The van der Waals surface area contributed by atoms with Gasteiger partial charge in [-0.2, -0.15) is 7.11 Å². The molecule has 14 heteroatoms. The Hall–Kier alpha value is 1.07. The molecule has 0 aromatic heterocycles. The van der Waals surface area contributed by atoms with Gasteiger partial charge in [0.05, 0.1) is 0 Å². The summed E-state index contributed by atoms with van der Waals surface area (Å²) in [5.74, 6) is 0. The molecule has 0 heterocycles. The van der Waals surface area contributed by atoms with E-state index in [9.17, 15) is 0 Å².